The number of benzene rings is 1. The van der Waals surface area contributed by atoms with Crippen molar-refractivity contribution in [1.82, 2.24) is 19.7 Å². The summed E-state index contributed by atoms with van der Waals surface area (Å²) in [6, 6.07) is 9.45. The molecule has 1 aliphatic carbocycles. The van der Waals surface area contributed by atoms with Gasteiger partial charge in [-0.05, 0) is 55.2 Å². The Morgan fingerprint density at radius 1 is 1.16 bits per heavy atom. The third-order valence-corrected chi connectivity index (χ3v) is 7.63. The summed E-state index contributed by atoms with van der Waals surface area (Å²) in [5.41, 5.74) is 3.11. The number of aromatic nitrogens is 4. The molecule has 0 spiro atoms. The normalized spacial score (nSPS) is 15.8. The van der Waals surface area contributed by atoms with Gasteiger partial charge in [-0.1, -0.05) is 11.8 Å². The van der Waals surface area contributed by atoms with Crippen molar-refractivity contribution in [2.75, 3.05) is 22.9 Å². The number of thioether (sulfide) groups is 1. The summed E-state index contributed by atoms with van der Waals surface area (Å²) in [5.74, 6) is 1.04. The number of rotatable bonds is 7. The number of carbonyl (C=O) groups is 1. The molecule has 0 N–H and O–H groups in total. The molecule has 0 bridgehead atoms. The predicted octanol–water partition coefficient (Wildman–Crippen LogP) is 2.97. The molecular weight excluding hydrogens is 434 g/mol. The second kappa shape index (κ2) is 7.76. The lowest BCUT2D eigenvalue weighted by atomic mass is 10.1. The summed E-state index contributed by atoms with van der Waals surface area (Å²) in [4.78, 5) is 16.9. The fourth-order valence-corrected chi connectivity index (χ4v) is 5.70. The molecule has 2 aromatic heterocycles. The molecule has 0 radical (unpaired) electrons. The molecule has 1 aliphatic heterocycles. The van der Waals surface area contributed by atoms with Crippen LogP contribution < -0.4 is 4.31 Å². The number of Topliss-reactive ketones (excluding diaryl/α,β-unsaturated/α-hetero) is 1. The minimum Gasteiger partial charge on any atom is -0.299 e. The molecule has 0 amide bonds. The summed E-state index contributed by atoms with van der Waals surface area (Å²) >= 11 is 1.39. The van der Waals surface area contributed by atoms with Gasteiger partial charge in [0.05, 0.1) is 17.7 Å². The molecule has 31 heavy (non-hydrogen) atoms. The second-order valence-corrected chi connectivity index (χ2v) is 10.6. The first kappa shape index (κ1) is 20.2. The number of anilines is 1. The van der Waals surface area contributed by atoms with Crippen molar-refractivity contribution >= 4 is 33.3 Å². The zero-order valence-electron chi connectivity index (χ0n) is 16.9. The summed E-state index contributed by atoms with van der Waals surface area (Å²) in [5, 5.41) is 9.45. The maximum atomic E-state index is 12.9. The van der Waals surface area contributed by atoms with Crippen LogP contribution in [-0.2, 0) is 16.4 Å². The van der Waals surface area contributed by atoms with Crippen molar-refractivity contribution in [3.63, 3.8) is 0 Å². The lowest BCUT2D eigenvalue weighted by Crippen LogP contribution is -2.27. The number of sulfonamides is 1. The maximum Gasteiger partial charge on any atom is 0.232 e. The number of nitrogens with zero attached hydrogens (tertiary/aromatic N) is 5. The van der Waals surface area contributed by atoms with E-state index < -0.39 is 10.0 Å². The van der Waals surface area contributed by atoms with E-state index in [-0.39, 0.29) is 11.5 Å². The first-order chi connectivity index (χ1) is 14.9. The van der Waals surface area contributed by atoms with Crippen LogP contribution in [0.4, 0.5) is 5.69 Å². The van der Waals surface area contributed by atoms with Gasteiger partial charge in [0.15, 0.2) is 16.8 Å². The number of carbonyl (C=O) groups excluding carboxylic acids is 1. The molecule has 3 aromatic rings. The Labute approximate surface area is 184 Å². The van der Waals surface area contributed by atoms with Crippen molar-refractivity contribution < 1.29 is 13.2 Å². The van der Waals surface area contributed by atoms with Crippen LogP contribution in [0.3, 0.4) is 0 Å². The van der Waals surface area contributed by atoms with Gasteiger partial charge in [-0.2, -0.15) is 0 Å². The zero-order valence-corrected chi connectivity index (χ0v) is 18.6. The van der Waals surface area contributed by atoms with Gasteiger partial charge in [0, 0.05) is 36.1 Å². The lowest BCUT2D eigenvalue weighted by Gasteiger charge is -2.16. The van der Waals surface area contributed by atoms with Crippen molar-refractivity contribution in [2.45, 2.75) is 30.5 Å². The smallest absolute Gasteiger partial charge is 0.232 e. The van der Waals surface area contributed by atoms with Gasteiger partial charge in [0.2, 0.25) is 10.0 Å². The summed E-state index contributed by atoms with van der Waals surface area (Å²) in [6.07, 6.45) is 7.45. The van der Waals surface area contributed by atoms with Gasteiger partial charge < -0.3 is 0 Å². The van der Waals surface area contributed by atoms with E-state index in [1.807, 2.05) is 18.2 Å². The Hall–Kier alpha value is -2.72. The van der Waals surface area contributed by atoms with E-state index in [1.54, 1.807) is 24.5 Å². The van der Waals surface area contributed by atoms with Crippen LogP contribution in [0.25, 0.3) is 11.4 Å². The van der Waals surface area contributed by atoms with Crippen molar-refractivity contribution in [1.29, 1.82) is 0 Å². The SMILES string of the molecule is CS(=O)(=O)N1CCc2cc(C(=O)CSc3nnc(-c4ccncc4)n3C3CC3)ccc21. The van der Waals surface area contributed by atoms with Gasteiger partial charge in [0.1, 0.15) is 0 Å². The number of fused-ring (bicyclic) bond motifs is 1. The Balaban J connectivity index is 1.34. The third-order valence-electron chi connectivity index (χ3n) is 5.50. The third kappa shape index (κ3) is 3.97. The van der Waals surface area contributed by atoms with Gasteiger partial charge in [-0.15, -0.1) is 10.2 Å². The highest BCUT2D eigenvalue weighted by molar-refractivity contribution is 7.99. The molecule has 1 aromatic carbocycles. The van der Waals surface area contributed by atoms with Crippen LogP contribution in [-0.4, -0.2) is 52.5 Å². The van der Waals surface area contributed by atoms with Gasteiger partial charge in [-0.25, -0.2) is 8.42 Å². The van der Waals surface area contributed by atoms with Crippen LogP contribution in [0.2, 0.25) is 0 Å². The van der Waals surface area contributed by atoms with Crippen LogP contribution in [0, 0.1) is 0 Å². The molecule has 0 unspecified atom stereocenters. The first-order valence-electron chi connectivity index (χ1n) is 10.0. The maximum absolute atomic E-state index is 12.9. The van der Waals surface area contributed by atoms with Crippen LogP contribution in [0.5, 0.6) is 0 Å². The predicted molar refractivity (Wildman–Crippen MR) is 119 cm³/mol. The Morgan fingerprint density at radius 2 is 1.94 bits per heavy atom. The molecule has 8 nitrogen and oxygen atoms in total. The Kier molecular flexibility index (Phi) is 5.05. The van der Waals surface area contributed by atoms with Crippen molar-refractivity contribution in [2.24, 2.45) is 0 Å². The molecule has 3 heterocycles. The standard InChI is InChI=1S/C21H21N5O3S2/c1-31(28,29)25-11-8-15-12-16(2-5-18(15)25)19(27)13-30-21-24-23-20(26(21)17-3-4-17)14-6-9-22-10-7-14/h2,5-7,9-10,12,17H,3-4,8,11,13H2,1H3. The average molecular weight is 456 g/mol. The Bertz CT molecular complexity index is 1250. The molecule has 5 rings (SSSR count). The first-order valence-corrected chi connectivity index (χ1v) is 12.9. The van der Waals surface area contributed by atoms with E-state index in [9.17, 15) is 13.2 Å². The van der Waals surface area contributed by atoms with E-state index >= 15 is 0 Å². The van der Waals surface area contributed by atoms with Crippen molar-refractivity contribution in [3.8, 4) is 11.4 Å². The highest BCUT2D eigenvalue weighted by Crippen LogP contribution is 2.41. The summed E-state index contributed by atoms with van der Waals surface area (Å²) in [7, 11) is -3.30. The highest BCUT2D eigenvalue weighted by atomic mass is 32.2. The molecule has 2 aliphatic rings. The van der Waals surface area contributed by atoms with Crippen LogP contribution in [0.15, 0.2) is 47.9 Å². The van der Waals surface area contributed by atoms with Gasteiger partial charge in [-0.3, -0.25) is 18.7 Å². The number of hydrogen-bond acceptors (Lipinski definition) is 7. The van der Waals surface area contributed by atoms with E-state index in [0.717, 1.165) is 34.9 Å². The Morgan fingerprint density at radius 3 is 2.65 bits per heavy atom. The summed E-state index contributed by atoms with van der Waals surface area (Å²) in [6.45, 7) is 0.419. The fraction of sp³-hybridized carbons (Fsp3) is 0.333. The highest BCUT2D eigenvalue weighted by Gasteiger charge is 2.31. The van der Waals surface area contributed by atoms with E-state index in [4.69, 9.17) is 0 Å². The molecule has 10 heteroatoms. The quantitative estimate of drug-likeness (QED) is 0.399. The van der Waals surface area contributed by atoms with Crippen LogP contribution >= 0.6 is 11.8 Å². The second-order valence-electron chi connectivity index (χ2n) is 7.78. The summed E-state index contributed by atoms with van der Waals surface area (Å²) < 4.78 is 27.3. The molecule has 0 saturated heterocycles. The fourth-order valence-electron chi connectivity index (χ4n) is 3.84. The molecular formula is C21H21N5O3S2. The van der Waals surface area contributed by atoms with Crippen LogP contribution in [0.1, 0.15) is 34.8 Å². The topological polar surface area (TPSA) is 98.1 Å². The van der Waals surface area contributed by atoms with Gasteiger partial charge >= 0.3 is 0 Å². The van der Waals surface area contributed by atoms with Gasteiger partial charge in [0.25, 0.3) is 0 Å². The molecule has 1 fully saturated rings. The molecule has 1 saturated carbocycles. The van der Waals surface area contributed by atoms with E-state index in [2.05, 4.69) is 19.7 Å². The minimum atomic E-state index is -3.30. The molecule has 160 valence electrons. The number of ketones is 1. The van der Waals surface area contributed by atoms with E-state index in [1.165, 1.54) is 22.3 Å². The molecule has 0 atom stereocenters. The van der Waals surface area contributed by atoms with Crippen molar-refractivity contribution in [3.05, 3.63) is 53.9 Å². The number of hydrogen-bond donors (Lipinski definition) is 0. The minimum absolute atomic E-state index is 0.0126. The average Bonchev–Trinajstić information content (AvgIpc) is 3.35. The largest absolute Gasteiger partial charge is 0.299 e. The monoisotopic (exact) mass is 455 g/mol. The zero-order chi connectivity index (χ0) is 21.6. The number of pyridine rings is 1. The van der Waals surface area contributed by atoms with E-state index in [0.29, 0.717) is 30.3 Å². The lowest BCUT2D eigenvalue weighted by molar-refractivity contribution is 0.102.